The number of nitrogens with zero attached hydrogens (tertiary/aromatic N) is 3. The Morgan fingerprint density at radius 2 is 2.04 bits per heavy atom. The lowest BCUT2D eigenvalue weighted by Gasteiger charge is -2.42. The molecule has 1 aromatic carbocycles. The van der Waals surface area contributed by atoms with E-state index in [4.69, 9.17) is 16.3 Å². The maximum Gasteiger partial charge on any atom is 0.271 e. The number of aryl methyl sites for hydroxylation is 1. The van der Waals surface area contributed by atoms with Crippen molar-refractivity contribution in [1.82, 2.24) is 14.4 Å². The zero-order valence-electron chi connectivity index (χ0n) is 14.9. The highest BCUT2D eigenvalue weighted by Crippen LogP contribution is 2.31. The van der Waals surface area contributed by atoms with E-state index in [-0.39, 0.29) is 18.1 Å². The lowest BCUT2D eigenvalue weighted by atomic mass is 9.97. The van der Waals surface area contributed by atoms with Gasteiger partial charge < -0.3 is 19.1 Å². The summed E-state index contributed by atoms with van der Waals surface area (Å²) in [7, 11) is 5.88. The Labute approximate surface area is 153 Å². The van der Waals surface area contributed by atoms with E-state index in [0.717, 1.165) is 12.1 Å². The zero-order valence-corrected chi connectivity index (χ0v) is 15.6. The van der Waals surface area contributed by atoms with Crippen LogP contribution in [0.4, 0.5) is 0 Å². The van der Waals surface area contributed by atoms with Crippen LogP contribution >= 0.6 is 11.6 Å². The average Bonchev–Trinajstić information content (AvgIpc) is 2.92. The minimum atomic E-state index is -0.126. The molecule has 1 aromatic heterocycles. The number of hydrogen-bond acceptors (Lipinski definition) is 3. The van der Waals surface area contributed by atoms with Crippen LogP contribution in [0.3, 0.4) is 0 Å². The van der Waals surface area contributed by atoms with Crippen molar-refractivity contribution in [2.75, 3.05) is 33.8 Å². The molecule has 1 aliphatic rings. The van der Waals surface area contributed by atoms with Gasteiger partial charge in [0.05, 0.1) is 23.8 Å². The fraction of sp³-hybridized carbons (Fsp3) is 0.421. The Balaban J connectivity index is 1.97. The molecule has 3 rings (SSSR count). The first-order valence-electron chi connectivity index (χ1n) is 8.41. The van der Waals surface area contributed by atoms with Crippen LogP contribution < -0.4 is 0 Å². The van der Waals surface area contributed by atoms with Crippen molar-refractivity contribution in [3.05, 3.63) is 58.9 Å². The highest BCUT2D eigenvalue weighted by atomic mass is 35.5. The summed E-state index contributed by atoms with van der Waals surface area (Å²) < 4.78 is 7.82. The largest absolute Gasteiger partial charge is 0.373 e. The van der Waals surface area contributed by atoms with Gasteiger partial charge in [0.1, 0.15) is 5.69 Å². The van der Waals surface area contributed by atoms with E-state index in [1.165, 1.54) is 0 Å². The van der Waals surface area contributed by atoms with Crippen LogP contribution in [0, 0.1) is 0 Å². The summed E-state index contributed by atoms with van der Waals surface area (Å²) in [5, 5.41) is 0.570. The number of ether oxygens (including phenoxy) is 1. The lowest BCUT2D eigenvalue weighted by molar-refractivity contribution is -0.0686. The SMILES string of the molecule is CN(C)C[C@@H]1OCCN(C(=O)c2cc(Cl)cn2C)[C@H]1c1ccccc1. The molecule has 2 aromatic rings. The summed E-state index contributed by atoms with van der Waals surface area (Å²) in [5.41, 5.74) is 1.68. The van der Waals surface area contributed by atoms with Gasteiger partial charge in [-0.1, -0.05) is 41.9 Å². The van der Waals surface area contributed by atoms with Gasteiger partial charge in [0, 0.05) is 26.3 Å². The Kier molecular flexibility index (Phi) is 5.47. The summed E-state index contributed by atoms with van der Waals surface area (Å²) in [6.07, 6.45) is 1.68. The molecule has 6 heteroatoms. The fourth-order valence-corrected chi connectivity index (χ4v) is 3.65. The molecule has 1 saturated heterocycles. The number of carbonyl (C=O) groups excluding carboxylic acids is 1. The number of aromatic nitrogens is 1. The molecule has 0 bridgehead atoms. The minimum Gasteiger partial charge on any atom is -0.373 e. The predicted molar refractivity (Wildman–Crippen MR) is 98.9 cm³/mol. The molecular weight excluding hydrogens is 338 g/mol. The van der Waals surface area contributed by atoms with Gasteiger partial charge in [-0.05, 0) is 25.7 Å². The molecular formula is C19H24ClN3O2. The van der Waals surface area contributed by atoms with Crippen molar-refractivity contribution in [2.45, 2.75) is 12.1 Å². The summed E-state index contributed by atoms with van der Waals surface area (Å²) in [5.74, 6) is -0.0182. The molecule has 0 spiro atoms. The second-order valence-electron chi connectivity index (χ2n) is 6.68. The van der Waals surface area contributed by atoms with Crippen molar-refractivity contribution in [1.29, 1.82) is 0 Å². The number of amides is 1. The quantitative estimate of drug-likeness (QED) is 0.840. The monoisotopic (exact) mass is 361 g/mol. The summed E-state index contributed by atoms with van der Waals surface area (Å²) in [4.78, 5) is 17.2. The predicted octanol–water partition coefficient (Wildman–Crippen LogP) is 2.82. The van der Waals surface area contributed by atoms with Gasteiger partial charge in [-0.25, -0.2) is 0 Å². The number of rotatable bonds is 4. The third kappa shape index (κ3) is 3.89. The first-order chi connectivity index (χ1) is 12.0. The molecule has 2 atom stereocenters. The van der Waals surface area contributed by atoms with Crippen LogP contribution in [0.25, 0.3) is 0 Å². The summed E-state index contributed by atoms with van der Waals surface area (Å²) in [6, 6.07) is 11.7. The molecule has 1 fully saturated rings. The van der Waals surface area contributed by atoms with E-state index < -0.39 is 0 Å². The van der Waals surface area contributed by atoms with Gasteiger partial charge in [-0.15, -0.1) is 0 Å². The van der Waals surface area contributed by atoms with Gasteiger partial charge in [-0.3, -0.25) is 4.79 Å². The highest BCUT2D eigenvalue weighted by Gasteiger charge is 2.37. The number of halogens is 1. The van der Waals surface area contributed by atoms with Crippen LogP contribution in [0.15, 0.2) is 42.6 Å². The molecule has 1 amide bonds. The maximum atomic E-state index is 13.2. The van der Waals surface area contributed by atoms with E-state index in [0.29, 0.717) is 23.9 Å². The molecule has 5 nitrogen and oxygen atoms in total. The molecule has 2 heterocycles. The van der Waals surface area contributed by atoms with Gasteiger partial charge in [0.15, 0.2) is 0 Å². The van der Waals surface area contributed by atoms with Gasteiger partial charge in [0.25, 0.3) is 5.91 Å². The van der Waals surface area contributed by atoms with Crippen molar-refractivity contribution in [3.63, 3.8) is 0 Å². The molecule has 0 unspecified atom stereocenters. The van der Waals surface area contributed by atoms with Crippen LogP contribution in [0.1, 0.15) is 22.1 Å². The van der Waals surface area contributed by atoms with Crippen molar-refractivity contribution in [2.24, 2.45) is 7.05 Å². The first kappa shape index (κ1) is 18.0. The fourth-order valence-electron chi connectivity index (χ4n) is 3.40. The molecule has 25 heavy (non-hydrogen) atoms. The Morgan fingerprint density at radius 3 is 2.64 bits per heavy atom. The minimum absolute atomic E-state index is 0.0182. The van der Waals surface area contributed by atoms with Gasteiger partial charge in [-0.2, -0.15) is 0 Å². The van der Waals surface area contributed by atoms with Gasteiger partial charge >= 0.3 is 0 Å². The third-order valence-corrected chi connectivity index (χ3v) is 4.70. The maximum absolute atomic E-state index is 13.2. The lowest BCUT2D eigenvalue weighted by Crippen LogP contribution is -2.51. The first-order valence-corrected chi connectivity index (χ1v) is 8.79. The number of benzene rings is 1. The number of likely N-dealkylation sites (N-methyl/N-ethyl adjacent to an activating group) is 1. The normalized spacial score (nSPS) is 20.9. The van der Waals surface area contributed by atoms with E-state index in [1.54, 1.807) is 16.8 Å². The zero-order chi connectivity index (χ0) is 18.0. The van der Waals surface area contributed by atoms with Crippen molar-refractivity contribution in [3.8, 4) is 0 Å². The van der Waals surface area contributed by atoms with Gasteiger partial charge in [0.2, 0.25) is 0 Å². The van der Waals surface area contributed by atoms with Crippen molar-refractivity contribution < 1.29 is 9.53 Å². The summed E-state index contributed by atoms with van der Waals surface area (Å²) in [6.45, 7) is 1.84. The van der Waals surface area contributed by atoms with E-state index in [2.05, 4.69) is 17.0 Å². The topological polar surface area (TPSA) is 37.7 Å². The molecule has 1 aliphatic heterocycles. The number of hydrogen-bond donors (Lipinski definition) is 0. The number of morpholine rings is 1. The van der Waals surface area contributed by atoms with E-state index in [1.807, 2.05) is 44.2 Å². The van der Waals surface area contributed by atoms with Crippen LogP contribution in [0.2, 0.25) is 5.02 Å². The standard InChI is InChI=1S/C19H24ClN3O2/c1-21(2)13-17-18(14-7-5-4-6-8-14)23(9-10-25-17)19(24)16-11-15(20)12-22(16)3/h4-8,11-12,17-18H,9-10,13H2,1-3H3/t17-,18-/m0/s1. The summed E-state index contributed by atoms with van der Waals surface area (Å²) >= 11 is 6.08. The molecule has 0 N–H and O–H groups in total. The molecule has 0 saturated carbocycles. The van der Waals surface area contributed by atoms with E-state index >= 15 is 0 Å². The van der Waals surface area contributed by atoms with Crippen molar-refractivity contribution >= 4 is 17.5 Å². The Morgan fingerprint density at radius 1 is 1.32 bits per heavy atom. The second-order valence-corrected chi connectivity index (χ2v) is 7.12. The Bertz CT molecular complexity index is 730. The second kappa shape index (κ2) is 7.60. The van der Waals surface area contributed by atoms with Crippen LogP contribution in [-0.2, 0) is 11.8 Å². The third-order valence-electron chi connectivity index (χ3n) is 4.49. The number of carbonyl (C=O) groups is 1. The molecule has 0 radical (unpaired) electrons. The van der Waals surface area contributed by atoms with E-state index in [9.17, 15) is 4.79 Å². The Hall–Kier alpha value is -1.82. The van der Waals surface area contributed by atoms with Crippen LogP contribution in [0.5, 0.6) is 0 Å². The molecule has 0 aliphatic carbocycles. The highest BCUT2D eigenvalue weighted by molar-refractivity contribution is 6.31. The average molecular weight is 362 g/mol. The van der Waals surface area contributed by atoms with Crippen LogP contribution in [-0.4, -0.2) is 60.2 Å². The smallest absolute Gasteiger partial charge is 0.271 e. The molecule has 134 valence electrons.